The summed E-state index contributed by atoms with van der Waals surface area (Å²) < 4.78 is 0. The van der Waals surface area contributed by atoms with Gasteiger partial charge >= 0.3 is 0 Å². The van der Waals surface area contributed by atoms with Crippen LogP contribution >= 0.6 is 0 Å². The Bertz CT molecular complexity index is 364. The van der Waals surface area contributed by atoms with E-state index in [0.29, 0.717) is 24.3 Å². The molecule has 2 atom stereocenters. The molecule has 0 saturated carbocycles. The molecule has 0 spiro atoms. The second kappa shape index (κ2) is 7.81. The van der Waals surface area contributed by atoms with Gasteiger partial charge in [0.25, 0.3) is 0 Å². The third-order valence-electron chi connectivity index (χ3n) is 3.93. The maximum absolute atomic E-state index is 12.7. The first-order valence-corrected chi connectivity index (χ1v) is 8.33. The van der Waals surface area contributed by atoms with Crippen LogP contribution in [0.2, 0.25) is 0 Å². The van der Waals surface area contributed by atoms with Gasteiger partial charge in [-0.15, -0.1) is 0 Å². The highest BCUT2D eigenvalue weighted by Crippen LogP contribution is 2.21. The third-order valence-corrected chi connectivity index (χ3v) is 3.93. The summed E-state index contributed by atoms with van der Waals surface area (Å²) in [5.74, 6) is 1.46. The van der Waals surface area contributed by atoms with Crippen LogP contribution in [0, 0.1) is 17.8 Å². The zero-order valence-electron chi connectivity index (χ0n) is 14.5. The predicted molar refractivity (Wildman–Crippen MR) is 85.8 cm³/mol. The van der Waals surface area contributed by atoms with Crippen molar-refractivity contribution in [3.8, 4) is 0 Å². The van der Waals surface area contributed by atoms with Gasteiger partial charge in [0.15, 0.2) is 0 Å². The summed E-state index contributed by atoms with van der Waals surface area (Å²) >= 11 is 0. The Kier molecular flexibility index (Phi) is 6.69. The van der Waals surface area contributed by atoms with Gasteiger partial charge in [-0.25, -0.2) is 0 Å². The average molecular weight is 296 g/mol. The number of nitrogens with zero attached hydrogens (tertiary/aromatic N) is 1. The van der Waals surface area contributed by atoms with Gasteiger partial charge in [-0.05, 0) is 37.0 Å². The van der Waals surface area contributed by atoms with Crippen LogP contribution < -0.4 is 5.32 Å². The highest BCUT2D eigenvalue weighted by atomic mass is 16.2. The van der Waals surface area contributed by atoms with E-state index in [0.717, 1.165) is 19.3 Å². The zero-order valence-corrected chi connectivity index (χ0v) is 14.5. The largest absolute Gasteiger partial charge is 0.342 e. The van der Waals surface area contributed by atoms with Crippen molar-refractivity contribution in [3.05, 3.63) is 0 Å². The zero-order chi connectivity index (χ0) is 16.2. The first-order chi connectivity index (χ1) is 9.72. The van der Waals surface area contributed by atoms with E-state index in [1.165, 1.54) is 0 Å². The molecule has 4 heteroatoms. The summed E-state index contributed by atoms with van der Waals surface area (Å²) in [6, 6.07) is -0.632. The molecule has 1 heterocycles. The first-order valence-electron chi connectivity index (χ1n) is 8.33. The minimum atomic E-state index is -0.340. The third kappa shape index (κ3) is 5.33. The van der Waals surface area contributed by atoms with Gasteiger partial charge in [-0.3, -0.25) is 9.59 Å². The Morgan fingerprint density at radius 3 is 2.00 bits per heavy atom. The first kappa shape index (κ1) is 18.0. The Morgan fingerprint density at radius 2 is 1.52 bits per heavy atom. The minimum absolute atomic E-state index is 0.0257. The molecule has 0 bridgehead atoms. The maximum Gasteiger partial charge on any atom is 0.245 e. The smallest absolute Gasteiger partial charge is 0.245 e. The molecule has 1 aliphatic heterocycles. The van der Waals surface area contributed by atoms with Gasteiger partial charge in [0.1, 0.15) is 12.1 Å². The molecule has 0 aromatic rings. The number of amides is 2. The highest BCUT2D eigenvalue weighted by Gasteiger charge is 2.40. The van der Waals surface area contributed by atoms with Gasteiger partial charge in [0, 0.05) is 6.54 Å². The lowest BCUT2D eigenvalue weighted by Crippen LogP contribution is -2.63. The molecule has 1 rings (SSSR count). The molecule has 4 nitrogen and oxygen atoms in total. The number of piperazine rings is 1. The average Bonchev–Trinajstić information content (AvgIpc) is 2.33. The van der Waals surface area contributed by atoms with Crippen molar-refractivity contribution in [1.82, 2.24) is 10.2 Å². The van der Waals surface area contributed by atoms with Gasteiger partial charge < -0.3 is 10.2 Å². The fourth-order valence-electron chi connectivity index (χ4n) is 2.80. The van der Waals surface area contributed by atoms with Crippen LogP contribution in [0.15, 0.2) is 0 Å². The molecule has 0 aliphatic carbocycles. The maximum atomic E-state index is 12.7. The quantitative estimate of drug-likeness (QED) is 0.785. The molecule has 122 valence electrons. The lowest BCUT2D eigenvalue weighted by Gasteiger charge is -2.40. The summed E-state index contributed by atoms with van der Waals surface area (Å²) in [5, 5.41) is 2.94. The van der Waals surface area contributed by atoms with Crippen molar-refractivity contribution in [3.63, 3.8) is 0 Å². The molecule has 2 unspecified atom stereocenters. The van der Waals surface area contributed by atoms with Crippen LogP contribution in [-0.2, 0) is 9.59 Å². The van der Waals surface area contributed by atoms with E-state index < -0.39 is 0 Å². The Hall–Kier alpha value is -1.06. The molecular formula is C17H32N2O2. The summed E-state index contributed by atoms with van der Waals surface area (Å²) in [6.07, 6.45) is 2.41. The predicted octanol–water partition coefficient (Wildman–Crippen LogP) is 2.82. The molecule has 0 aromatic heterocycles. The normalized spacial score (nSPS) is 23.4. The minimum Gasteiger partial charge on any atom is -0.342 e. The molecule has 0 aromatic carbocycles. The Labute approximate surface area is 129 Å². The molecular weight excluding hydrogens is 264 g/mol. The van der Waals surface area contributed by atoms with Crippen LogP contribution in [0.3, 0.4) is 0 Å². The second-order valence-electron chi connectivity index (χ2n) is 7.55. The van der Waals surface area contributed by atoms with E-state index in [1.54, 1.807) is 0 Å². The molecule has 2 amide bonds. The van der Waals surface area contributed by atoms with Crippen LogP contribution in [-0.4, -0.2) is 35.3 Å². The van der Waals surface area contributed by atoms with E-state index >= 15 is 0 Å². The van der Waals surface area contributed by atoms with Crippen molar-refractivity contribution >= 4 is 11.8 Å². The van der Waals surface area contributed by atoms with E-state index in [2.05, 4.69) is 46.9 Å². The van der Waals surface area contributed by atoms with Gasteiger partial charge in [-0.2, -0.15) is 0 Å². The van der Waals surface area contributed by atoms with Crippen molar-refractivity contribution in [2.24, 2.45) is 17.8 Å². The highest BCUT2D eigenvalue weighted by molar-refractivity contribution is 5.96. The van der Waals surface area contributed by atoms with E-state index in [-0.39, 0.29) is 23.9 Å². The Balaban J connectivity index is 2.87. The number of hydrogen-bond acceptors (Lipinski definition) is 2. The van der Waals surface area contributed by atoms with Crippen LogP contribution in [0.5, 0.6) is 0 Å². The number of carbonyl (C=O) groups is 2. The van der Waals surface area contributed by atoms with Crippen molar-refractivity contribution in [2.45, 2.75) is 72.9 Å². The topological polar surface area (TPSA) is 49.4 Å². The Morgan fingerprint density at radius 1 is 0.952 bits per heavy atom. The van der Waals surface area contributed by atoms with E-state index in [4.69, 9.17) is 0 Å². The number of carbonyl (C=O) groups excluding carboxylic acids is 2. The number of hydrogen-bond donors (Lipinski definition) is 1. The van der Waals surface area contributed by atoms with Crippen LogP contribution in [0.4, 0.5) is 0 Å². The fraction of sp³-hybridized carbons (Fsp3) is 0.882. The summed E-state index contributed by atoms with van der Waals surface area (Å²) in [7, 11) is 0. The molecule has 1 N–H and O–H groups in total. The number of nitrogens with one attached hydrogen (secondary N) is 1. The number of rotatable bonds is 7. The lowest BCUT2D eigenvalue weighted by atomic mass is 9.94. The van der Waals surface area contributed by atoms with Crippen molar-refractivity contribution in [1.29, 1.82) is 0 Å². The van der Waals surface area contributed by atoms with Crippen LogP contribution in [0.1, 0.15) is 60.8 Å². The molecule has 0 radical (unpaired) electrons. The molecule has 1 aliphatic rings. The van der Waals surface area contributed by atoms with Crippen molar-refractivity contribution in [2.75, 3.05) is 6.54 Å². The van der Waals surface area contributed by atoms with Crippen molar-refractivity contribution < 1.29 is 9.59 Å². The molecule has 1 saturated heterocycles. The summed E-state index contributed by atoms with van der Waals surface area (Å²) in [4.78, 5) is 27.0. The van der Waals surface area contributed by atoms with Crippen LogP contribution in [0.25, 0.3) is 0 Å². The fourth-order valence-corrected chi connectivity index (χ4v) is 2.80. The lowest BCUT2D eigenvalue weighted by molar-refractivity contribution is -0.150. The monoisotopic (exact) mass is 296 g/mol. The van der Waals surface area contributed by atoms with E-state index in [9.17, 15) is 9.59 Å². The summed E-state index contributed by atoms with van der Waals surface area (Å²) in [5.41, 5.74) is 0. The SMILES string of the molecule is CC(C)CCN1C(=O)C(CC(C)C)NC(=O)C1CC(C)C. The summed E-state index contributed by atoms with van der Waals surface area (Å²) in [6.45, 7) is 13.3. The second-order valence-corrected chi connectivity index (χ2v) is 7.55. The van der Waals surface area contributed by atoms with Gasteiger partial charge in [0.05, 0.1) is 0 Å². The molecule has 21 heavy (non-hydrogen) atoms. The van der Waals surface area contributed by atoms with Gasteiger partial charge in [0.2, 0.25) is 11.8 Å². The standard InChI is InChI=1S/C17H32N2O2/c1-11(2)7-8-19-15(10-13(5)6)16(20)18-14(17(19)21)9-12(3)4/h11-15H,7-10H2,1-6H3,(H,18,20). The molecule has 1 fully saturated rings. The van der Waals surface area contributed by atoms with E-state index in [1.807, 2.05) is 4.90 Å². The van der Waals surface area contributed by atoms with Gasteiger partial charge in [-0.1, -0.05) is 41.5 Å².